The Labute approximate surface area is 157 Å². The van der Waals surface area contributed by atoms with E-state index in [0.717, 1.165) is 10.9 Å². The number of aryl methyl sites for hydroxylation is 1. The Bertz CT molecular complexity index is 1050. The van der Waals surface area contributed by atoms with Crippen molar-refractivity contribution in [3.63, 3.8) is 0 Å². The number of hydrogen-bond acceptors (Lipinski definition) is 6. The van der Waals surface area contributed by atoms with Gasteiger partial charge in [-0.3, -0.25) is 15.5 Å². The van der Waals surface area contributed by atoms with Crippen LogP contribution in [0.4, 0.5) is 11.4 Å². The summed E-state index contributed by atoms with van der Waals surface area (Å²) in [5.41, 5.74) is 4.64. The highest BCUT2D eigenvalue weighted by Crippen LogP contribution is 2.39. The molecule has 1 aromatic carbocycles. The monoisotopic (exact) mass is 365 g/mol. The molecular formula is C20H23N5O2. The van der Waals surface area contributed by atoms with Gasteiger partial charge in [-0.1, -0.05) is 0 Å². The molecular weight excluding hydrogens is 342 g/mol. The number of anilines is 2. The second kappa shape index (κ2) is 6.35. The normalized spacial score (nSPS) is 14.4. The second-order valence-electron chi connectivity index (χ2n) is 7.66. The zero-order chi connectivity index (χ0) is 19.2. The van der Waals surface area contributed by atoms with Crippen LogP contribution in [0.3, 0.4) is 0 Å². The summed E-state index contributed by atoms with van der Waals surface area (Å²) >= 11 is 0. The van der Waals surface area contributed by atoms with E-state index in [9.17, 15) is 10.0 Å². The van der Waals surface area contributed by atoms with Gasteiger partial charge in [-0.05, 0) is 56.4 Å². The number of pyridine rings is 1. The highest BCUT2D eigenvalue weighted by molar-refractivity contribution is 5.94. The molecule has 2 aromatic heterocycles. The number of aromatic nitrogens is 3. The Hall–Kier alpha value is -2.93. The molecule has 1 aliphatic rings. The smallest absolute Gasteiger partial charge is 0.252 e. The molecule has 140 valence electrons. The number of rotatable bonds is 5. The molecule has 0 saturated heterocycles. The van der Waals surface area contributed by atoms with Crippen molar-refractivity contribution >= 4 is 22.3 Å². The van der Waals surface area contributed by atoms with Gasteiger partial charge in [0, 0.05) is 36.6 Å². The average molecular weight is 365 g/mol. The molecule has 0 radical (unpaired) electrons. The minimum atomic E-state index is -0.579. The van der Waals surface area contributed by atoms with E-state index in [1.165, 1.54) is 18.4 Å². The molecule has 7 nitrogen and oxygen atoms in total. The van der Waals surface area contributed by atoms with Gasteiger partial charge in [-0.25, -0.2) is 9.97 Å². The molecule has 0 aliphatic heterocycles. The minimum Gasteiger partial charge on any atom is -0.372 e. The van der Waals surface area contributed by atoms with E-state index in [1.54, 1.807) is 35.9 Å². The van der Waals surface area contributed by atoms with Gasteiger partial charge in [0.15, 0.2) is 5.82 Å². The first-order chi connectivity index (χ1) is 12.9. The van der Waals surface area contributed by atoms with Crippen LogP contribution in [0.15, 0.2) is 41.5 Å². The molecule has 3 N–H and O–H groups in total. The van der Waals surface area contributed by atoms with E-state index in [2.05, 4.69) is 20.8 Å². The molecule has 1 aliphatic carbocycles. The lowest BCUT2D eigenvalue weighted by molar-refractivity contribution is 0.389. The van der Waals surface area contributed by atoms with E-state index in [1.807, 2.05) is 26.2 Å². The fourth-order valence-electron chi connectivity index (χ4n) is 3.31. The number of nitrogens with one attached hydrogen (secondary N) is 2. The molecule has 0 amide bonds. The predicted octanol–water partition coefficient (Wildman–Crippen LogP) is 3.35. The van der Waals surface area contributed by atoms with Crippen molar-refractivity contribution in [3.05, 3.63) is 58.4 Å². The maximum Gasteiger partial charge on any atom is 0.252 e. The van der Waals surface area contributed by atoms with Crippen molar-refractivity contribution in [2.75, 3.05) is 10.8 Å². The third-order valence-electron chi connectivity index (χ3n) is 5.10. The zero-order valence-electron chi connectivity index (χ0n) is 15.7. The number of fused-ring (bicyclic) bond motifs is 1. The van der Waals surface area contributed by atoms with Gasteiger partial charge >= 0.3 is 0 Å². The molecule has 4 rings (SSSR count). The molecule has 27 heavy (non-hydrogen) atoms. The summed E-state index contributed by atoms with van der Waals surface area (Å²) in [6.45, 7) is 3.97. The Morgan fingerprint density at radius 2 is 1.89 bits per heavy atom. The van der Waals surface area contributed by atoms with Gasteiger partial charge in [0.25, 0.3) is 5.56 Å². The van der Waals surface area contributed by atoms with Gasteiger partial charge in [0.05, 0.1) is 16.7 Å². The summed E-state index contributed by atoms with van der Waals surface area (Å²) in [4.78, 5) is 21.5. The SMILES string of the molecule is Cn1c(=O)cc(NC(C)(C)c2ncc(C3CC3)cn2)c2cc(NO)ccc21. The standard InChI is InChI=1S/C20H23N5O2/c1-20(2,19-21-10-13(11-22-19)12-4-5-12)23-16-9-18(26)25(3)17-7-6-14(24-27)8-15(16)17/h6-12,23-24,27H,4-5H2,1-3H3. The topological polar surface area (TPSA) is 92.1 Å². The van der Waals surface area contributed by atoms with Crippen LogP contribution in [0.2, 0.25) is 0 Å². The predicted molar refractivity (Wildman–Crippen MR) is 105 cm³/mol. The lowest BCUT2D eigenvalue weighted by atomic mass is 10.0. The van der Waals surface area contributed by atoms with Crippen molar-refractivity contribution in [1.82, 2.24) is 14.5 Å². The average Bonchev–Trinajstić information content (AvgIpc) is 3.50. The highest BCUT2D eigenvalue weighted by atomic mass is 16.5. The Morgan fingerprint density at radius 1 is 1.19 bits per heavy atom. The van der Waals surface area contributed by atoms with E-state index < -0.39 is 5.54 Å². The Morgan fingerprint density at radius 3 is 2.52 bits per heavy atom. The lowest BCUT2D eigenvalue weighted by Gasteiger charge is -2.27. The Balaban J connectivity index is 1.74. The molecule has 1 fully saturated rings. The first-order valence-electron chi connectivity index (χ1n) is 9.03. The first kappa shape index (κ1) is 17.5. The summed E-state index contributed by atoms with van der Waals surface area (Å²) in [7, 11) is 1.73. The number of benzene rings is 1. The molecule has 3 aromatic rings. The van der Waals surface area contributed by atoms with Crippen molar-refractivity contribution in [3.8, 4) is 0 Å². The quantitative estimate of drug-likeness (QED) is 0.601. The van der Waals surface area contributed by atoms with Crippen LogP contribution in [0.1, 0.15) is 44.0 Å². The van der Waals surface area contributed by atoms with Crippen LogP contribution in [-0.2, 0) is 12.6 Å². The highest BCUT2D eigenvalue weighted by Gasteiger charge is 2.28. The van der Waals surface area contributed by atoms with Gasteiger partial charge in [-0.15, -0.1) is 0 Å². The van der Waals surface area contributed by atoms with E-state index >= 15 is 0 Å². The summed E-state index contributed by atoms with van der Waals surface area (Å²) in [5, 5.41) is 13.5. The fraction of sp³-hybridized carbons (Fsp3) is 0.350. The van der Waals surface area contributed by atoms with Crippen LogP contribution in [0.5, 0.6) is 0 Å². The van der Waals surface area contributed by atoms with Crippen molar-refractivity contribution in [2.45, 2.75) is 38.1 Å². The first-order valence-corrected chi connectivity index (χ1v) is 9.03. The van der Waals surface area contributed by atoms with E-state index in [-0.39, 0.29) is 5.56 Å². The summed E-state index contributed by atoms with van der Waals surface area (Å²) in [5.74, 6) is 1.28. The van der Waals surface area contributed by atoms with Crippen LogP contribution in [-0.4, -0.2) is 19.7 Å². The third kappa shape index (κ3) is 3.26. The van der Waals surface area contributed by atoms with Gasteiger partial charge in [0.1, 0.15) is 0 Å². The molecule has 0 spiro atoms. The molecule has 0 unspecified atom stereocenters. The van der Waals surface area contributed by atoms with Gasteiger partial charge in [-0.2, -0.15) is 0 Å². The fourth-order valence-corrected chi connectivity index (χ4v) is 3.31. The lowest BCUT2D eigenvalue weighted by Crippen LogP contribution is -2.31. The van der Waals surface area contributed by atoms with E-state index in [0.29, 0.717) is 23.1 Å². The third-order valence-corrected chi connectivity index (χ3v) is 5.10. The summed E-state index contributed by atoms with van der Waals surface area (Å²) < 4.78 is 1.58. The summed E-state index contributed by atoms with van der Waals surface area (Å²) in [6.07, 6.45) is 6.23. The molecule has 0 atom stereocenters. The minimum absolute atomic E-state index is 0.115. The molecule has 7 heteroatoms. The summed E-state index contributed by atoms with van der Waals surface area (Å²) in [6, 6.07) is 6.87. The zero-order valence-corrected chi connectivity index (χ0v) is 15.7. The maximum atomic E-state index is 12.4. The largest absolute Gasteiger partial charge is 0.372 e. The Kier molecular flexibility index (Phi) is 4.11. The number of hydrogen-bond donors (Lipinski definition) is 3. The van der Waals surface area contributed by atoms with Crippen molar-refractivity contribution in [2.24, 2.45) is 7.05 Å². The molecule has 0 bridgehead atoms. The van der Waals surface area contributed by atoms with Gasteiger partial charge in [0.2, 0.25) is 0 Å². The number of nitrogens with zero attached hydrogens (tertiary/aromatic N) is 3. The van der Waals surface area contributed by atoms with Crippen LogP contribution in [0.25, 0.3) is 10.9 Å². The second-order valence-corrected chi connectivity index (χ2v) is 7.66. The maximum absolute atomic E-state index is 12.4. The van der Waals surface area contributed by atoms with Crippen molar-refractivity contribution < 1.29 is 5.21 Å². The van der Waals surface area contributed by atoms with Crippen LogP contribution in [0, 0.1) is 0 Å². The molecule has 2 heterocycles. The van der Waals surface area contributed by atoms with Crippen molar-refractivity contribution in [1.29, 1.82) is 0 Å². The van der Waals surface area contributed by atoms with Crippen LogP contribution < -0.4 is 16.4 Å². The van der Waals surface area contributed by atoms with Crippen LogP contribution >= 0.6 is 0 Å². The molecule has 1 saturated carbocycles. The van der Waals surface area contributed by atoms with E-state index in [4.69, 9.17) is 0 Å². The van der Waals surface area contributed by atoms with Gasteiger partial charge < -0.3 is 9.88 Å².